The fourth-order valence-electron chi connectivity index (χ4n) is 2.58. The number of nitrogens with one attached hydrogen (secondary N) is 3. The maximum absolute atomic E-state index is 12.3. The molecule has 0 radical (unpaired) electrons. The van der Waals surface area contributed by atoms with Crippen LogP contribution in [0.25, 0.3) is 0 Å². The van der Waals surface area contributed by atoms with Crippen LogP contribution in [0.15, 0.2) is 45.8 Å². The lowest BCUT2D eigenvalue weighted by atomic mass is 9.78. The fourth-order valence-corrected chi connectivity index (χ4v) is 4.37. The van der Waals surface area contributed by atoms with E-state index < -0.39 is 27.6 Å². The van der Waals surface area contributed by atoms with E-state index in [4.69, 9.17) is 5.41 Å². The summed E-state index contributed by atoms with van der Waals surface area (Å²) in [6.07, 6.45) is 1.49. The van der Waals surface area contributed by atoms with Gasteiger partial charge < -0.3 is 5.41 Å². The number of benzene rings is 1. The molecule has 2 atom stereocenters. The molecule has 1 heterocycles. The average Bonchev–Trinajstić information content (AvgIpc) is 3.17. The number of ketones is 2. The molecule has 28 heavy (non-hydrogen) atoms. The molecule has 1 aromatic carbocycles. The van der Waals surface area contributed by atoms with Crippen molar-refractivity contribution in [1.29, 1.82) is 5.41 Å². The maximum atomic E-state index is 12.3. The molecule has 3 rings (SSSR count). The lowest BCUT2D eigenvalue weighted by Crippen LogP contribution is -2.46. The second-order valence-electron chi connectivity index (χ2n) is 6.16. The number of hydrazone groups is 1. The predicted molar refractivity (Wildman–Crippen MR) is 106 cm³/mol. The van der Waals surface area contributed by atoms with Gasteiger partial charge in [-0.2, -0.15) is 5.10 Å². The number of carbonyl (C=O) groups excluding carboxylic acids is 2. The molecule has 0 aliphatic heterocycles. The number of sulfonamides is 1. The summed E-state index contributed by atoms with van der Waals surface area (Å²) in [4.78, 5) is 28.0. The molecule has 11 heteroatoms. The highest BCUT2D eigenvalue weighted by molar-refractivity contribution is 7.93. The maximum Gasteiger partial charge on any atom is 0.263 e. The Morgan fingerprint density at radius 3 is 2.43 bits per heavy atom. The number of carbonyl (C=O) groups is 2. The lowest BCUT2D eigenvalue weighted by Gasteiger charge is -2.23. The van der Waals surface area contributed by atoms with Crippen molar-refractivity contribution >= 4 is 55.2 Å². The Kier molecular flexibility index (Phi) is 5.38. The van der Waals surface area contributed by atoms with Gasteiger partial charge in [0.05, 0.1) is 28.1 Å². The van der Waals surface area contributed by atoms with Crippen LogP contribution in [0.3, 0.4) is 0 Å². The molecule has 1 saturated carbocycles. The molecule has 1 aliphatic rings. The van der Waals surface area contributed by atoms with Crippen LogP contribution in [-0.4, -0.2) is 36.4 Å². The van der Waals surface area contributed by atoms with Crippen molar-refractivity contribution in [2.45, 2.75) is 18.7 Å². The van der Waals surface area contributed by atoms with Gasteiger partial charge in [0, 0.05) is 11.6 Å². The van der Waals surface area contributed by atoms with Gasteiger partial charge in [-0.05, 0) is 38.1 Å². The summed E-state index contributed by atoms with van der Waals surface area (Å²) in [6, 6.07) is 5.72. The van der Waals surface area contributed by atoms with Crippen molar-refractivity contribution in [3.05, 3.63) is 35.8 Å². The molecule has 9 nitrogen and oxygen atoms in total. The third-order valence-electron chi connectivity index (χ3n) is 4.28. The summed E-state index contributed by atoms with van der Waals surface area (Å²) >= 11 is 1.16. The first kappa shape index (κ1) is 19.8. The first-order chi connectivity index (χ1) is 13.2. The molecule has 2 unspecified atom stereocenters. The summed E-state index contributed by atoms with van der Waals surface area (Å²) in [5, 5.41) is 13.9. The highest BCUT2D eigenvalue weighted by Crippen LogP contribution is 2.21. The van der Waals surface area contributed by atoms with E-state index >= 15 is 0 Å². The number of aromatic nitrogens is 1. The highest BCUT2D eigenvalue weighted by Gasteiger charge is 2.40. The predicted octanol–water partition coefficient (Wildman–Crippen LogP) is 2.16. The van der Waals surface area contributed by atoms with Gasteiger partial charge in [0.2, 0.25) is 0 Å². The van der Waals surface area contributed by atoms with Crippen molar-refractivity contribution in [1.82, 2.24) is 4.98 Å². The van der Waals surface area contributed by atoms with Crippen LogP contribution in [0, 0.1) is 17.2 Å². The van der Waals surface area contributed by atoms with Gasteiger partial charge in [-0.25, -0.2) is 13.4 Å². The number of anilines is 2. The molecule has 1 fully saturated rings. The number of rotatable bonds is 5. The molecule has 0 bridgehead atoms. The zero-order chi connectivity index (χ0) is 20.5. The van der Waals surface area contributed by atoms with Gasteiger partial charge in [-0.3, -0.25) is 19.7 Å². The van der Waals surface area contributed by atoms with E-state index in [0.29, 0.717) is 5.69 Å². The molecule has 0 spiro atoms. The molecule has 3 N–H and O–H groups in total. The van der Waals surface area contributed by atoms with Crippen molar-refractivity contribution in [3.63, 3.8) is 0 Å². The molecule has 1 aromatic heterocycles. The quantitative estimate of drug-likeness (QED) is 0.501. The minimum atomic E-state index is -3.77. The van der Waals surface area contributed by atoms with Gasteiger partial charge in [-0.1, -0.05) is 0 Å². The van der Waals surface area contributed by atoms with E-state index in [2.05, 4.69) is 20.2 Å². The zero-order valence-electron chi connectivity index (χ0n) is 15.0. The topological polar surface area (TPSA) is 141 Å². The van der Waals surface area contributed by atoms with Gasteiger partial charge in [0.25, 0.3) is 10.0 Å². The summed E-state index contributed by atoms with van der Waals surface area (Å²) < 4.78 is 27.0. The van der Waals surface area contributed by atoms with Crippen LogP contribution < -0.4 is 10.1 Å². The molecule has 146 valence electrons. The van der Waals surface area contributed by atoms with Crippen molar-refractivity contribution in [2.24, 2.45) is 16.9 Å². The van der Waals surface area contributed by atoms with Gasteiger partial charge in [0.15, 0.2) is 16.7 Å². The Bertz CT molecular complexity index is 1030. The van der Waals surface area contributed by atoms with Gasteiger partial charge in [-0.15, -0.1) is 11.3 Å². The van der Waals surface area contributed by atoms with E-state index in [0.717, 1.165) is 11.3 Å². The second kappa shape index (κ2) is 7.60. The second-order valence-corrected chi connectivity index (χ2v) is 8.74. The van der Waals surface area contributed by atoms with E-state index in [9.17, 15) is 18.0 Å². The van der Waals surface area contributed by atoms with Gasteiger partial charge >= 0.3 is 0 Å². The zero-order valence-corrected chi connectivity index (χ0v) is 16.6. The summed E-state index contributed by atoms with van der Waals surface area (Å²) in [5.74, 6) is -2.34. The van der Waals surface area contributed by atoms with E-state index in [-0.39, 0.29) is 27.2 Å². The number of hydrogen-bond acceptors (Lipinski definition) is 9. The Morgan fingerprint density at radius 1 is 1.14 bits per heavy atom. The van der Waals surface area contributed by atoms with Crippen LogP contribution in [0.4, 0.5) is 10.8 Å². The number of hydrogen-bond donors (Lipinski definition) is 3. The Balaban J connectivity index is 1.76. The lowest BCUT2D eigenvalue weighted by molar-refractivity contribution is -0.130. The molecule has 0 saturated heterocycles. The van der Waals surface area contributed by atoms with Crippen LogP contribution in [0.5, 0.6) is 0 Å². The van der Waals surface area contributed by atoms with Crippen LogP contribution in [0.2, 0.25) is 0 Å². The van der Waals surface area contributed by atoms with E-state index in [1.165, 1.54) is 37.4 Å². The first-order valence-electron chi connectivity index (χ1n) is 8.23. The molecule has 1 aliphatic carbocycles. The van der Waals surface area contributed by atoms with Crippen molar-refractivity contribution in [2.75, 3.05) is 10.1 Å². The SMILES string of the molecule is CC1C(=N)/C(=N/Nc2ccc(S(=O)(=O)Nc3nccs3)cc2)C(=O)C(C)C1=O. The normalized spacial score (nSPS) is 21.8. The van der Waals surface area contributed by atoms with Crippen molar-refractivity contribution < 1.29 is 18.0 Å². The highest BCUT2D eigenvalue weighted by atomic mass is 32.2. The summed E-state index contributed by atoms with van der Waals surface area (Å²) in [6.45, 7) is 3.07. The number of Topliss-reactive ketones (excluding diaryl/α,β-unsaturated/α-hetero) is 2. The van der Waals surface area contributed by atoms with Crippen LogP contribution in [0.1, 0.15) is 13.8 Å². The van der Waals surface area contributed by atoms with E-state index in [1.54, 1.807) is 12.3 Å². The first-order valence-corrected chi connectivity index (χ1v) is 10.6. The van der Waals surface area contributed by atoms with Crippen LogP contribution >= 0.6 is 11.3 Å². The third kappa shape index (κ3) is 3.85. The van der Waals surface area contributed by atoms with E-state index in [1.807, 2.05) is 0 Å². The fraction of sp³-hybridized carbons (Fsp3) is 0.235. The Labute approximate surface area is 165 Å². The minimum absolute atomic E-state index is 0.0373. The number of nitrogens with zero attached hydrogens (tertiary/aromatic N) is 2. The largest absolute Gasteiger partial charge is 0.302 e. The monoisotopic (exact) mass is 419 g/mol. The van der Waals surface area contributed by atoms with Crippen molar-refractivity contribution in [3.8, 4) is 0 Å². The minimum Gasteiger partial charge on any atom is -0.302 e. The summed E-state index contributed by atoms with van der Waals surface area (Å²) in [5.41, 5.74) is 2.85. The molecule has 0 amide bonds. The third-order valence-corrected chi connectivity index (χ3v) is 6.46. The summed E-state index contributed by atoms with van der Waals surface area (Å²) in [7, 11) is -3.77. The van der Waals surface area contributed by atoms with Crippen LogP contribution in [-0.2, 0) is 19.6 Å². The molecular weight excluding hydrogens is 402 g/mol. The Morgan fingerprint density at radius 2 is 1.82 bits per heavy atom. The molecular formula is C17H17N5O4S2. The Hall–Kier alpha value is -2.92. The number of thiazole rings is 1. The standard InChI is InChI=1S/C17H17N5O4S2/c1-9-13(18)14(16(24)10(2)15(9)23)21-20-11-3-5-12(6-4-11)28(25,26)22-17-19-7-8-27-17/h3-10,18,20H,1-2H3,(H,19,22)/b18-13?,21-14-. The average molecular weight is 419 g/mol. The smallest absolute Gasteiger partial charge is 0.263 e. The van der Waals surface area contributed by atoms with Gasteiger partial charge in [0.1, 0.15) is 5.71 Å². The molecule has 2 aromatic rings.